The van der Waals surface area contributed by atoms with E-state index in [1.807, 2.05) is 56.3 Å². The van der Waals surface area contributed by atoms with Crippen molar-refractivity contribution >= 4 is 28.2 Å². The van der Waals surface area contributed by atoms with Crippen molar-refractivity contribution in [3.63, 3.8) is 0 Å². The molecule has 2 heterocycles. The van der Waals surface area contributed by atoms with E-state index in [9.17, 15) is 23.1 Å². The van der Waals surface area contributed by atoms with Gasteiger partial charge in [-0.25, -0.2) is 13.2 Å². The molecule has 1 saturated carbocycles. The molecule has 3 amide bonds. The van der Waals surface area contributed by atoms with E-state index in [0.29, 0.717) is 31.6 Å². The van der Waals surface area contributed by atoms with Crippen LogP contribution in [-0.2, 0) is 27.8 Å². The second-order valence-corrected chi connectivity index (χ2v) is 15.3. The third-order valence-electron chi connectivity index (χ3n) is 9.90. The molecule has 0 bridgehead atoms. The van der Waals surface area contributed by atoms with Gasteiger partial charge >= 0.3 is 6.03 Å². The van der Waals surface area contributed by atoms with Crippen LogP contribution in [0.3, 0.4) is 0 Å². The second kappa shape index (κ2) is 17.1. The Labute approximate surface area is 294 Å². The summed E-state index contributed by atoms with van der Waals surface area (Å²) in [4.78, 5) is 35.5. The molecule has 268 valence electrons. The normalized spacial score (nSPS) is 17.9. The number of oxime groups is 1. The minimum absolute atomic E-state index is 0.0583. The van der Waals surface area contributed by atoms with E-state index in [1.54, 1.807) is 34.3 Å². The Kier molecular flexibility index (Phi) is 12.6. The Morgan fingerprint density at radius 3 is 2.42 bits per heavy atom. The number of urea groups is 1. The molecular weight excluding hydrogens is 657 g/mol. The van der Waals surface area contributed by atoms with Crippen LogP contribution in [0.15, 0.2) is 89.2 Å². The largest absolute Gasteiger partial charge is 0.411 e. The third kappa shape index (κ3) is 9.06. The summed E-state index contributed by atoms with van der Waals surface area (Å²) in [5.41, 5.74) is 2.30. The van der Waals surface area contributed by atoms with Crippen LogP contribution in [0.4, 0.5) is 4.79 Å². The van der Waals surface area contributed by atoms with E-state index in [0.717, 1.165) is 30.4 Å². The Balaban J connectivity index is 1.38. The second-order valence-electron chi connectivity index (χ2n) is 13.4. The van der Waals surface area contributed by atoms with E-state index in [2.05, 4.69) is 15.5 Å². The predicted octanol–water partition coefficient (Wildman–Crippen LogP) is 4.12. The number of pyridine rings is 1. The Morgan fingerprint density at radius 1 is 1.08 bits per heavy atom. The van der Waals surface area contributed by atoms with Gasteiger partial charge in [0.05, 0.1) is 23.3 Å². The van der Waals surface area contributed by atoms with Gasteiger partial charge in [-0.05, 0) is 66.0 Å². The van der Waals surface area contributed by atoms with Crippen LogP contribution in [0.5, 0.6) is 0 Å². The van der Waals surface area contributed by atoms with E-state index in [4.69, 9.17) is 5.21 Å². The molecule has 3 N–H and O–H groups in total. The minimum Gasteiger partial charge on any atom is -0.411 e. The zero-order chi connectivity index (χ0) is 35.7. The number of nitrogens with one attached hydrogen (secondary N) is 1. The standard InChI is InChI=1S/C37H48N6O6S/c1-3-27(2)35(43-20-19-41(37(43)46)24-31-13-8-18-38-22-31)36(45)40-33(21-28-9-5-4-6-10-28)34(44)26-42(25-30-11-7-12-30)50(48,49)32-16-14-29(15-17-32)23-39-47/h4-6,8-10,13-18,22-23,27,30,33-35,44,47H,3,7,11-12,19-21,24-26H2,1-2H3,(H,40,45)/b39-23+/t27-,33-,34+,35-/m0/s1. The van der Waals surface area contributed by atoms with Gasteiger partial charge in [-0.15, -0.1) is 0 Å². The number of hydrogen-bond acceptors (Lipinski definition) is 8. The quantitative estimate of drug-likeness (QED) is 0.109. The number of amides is 3. The molecule has 1 aliphatic heterocycles. The number of carbonyl (C=O) groups is 2. The average molecular weight is 705 g/mol. The first-order valence-electron chi connectivity index (χ1n) is 17.3. The molecular formula is C37H48N6O6S. The zero-order valence-corrected chi connectivity index (χ0v) is 29.5. The first-order valence-corrected chi connectivity index (χ1v) is 18.8. The lowest BCUT2D eigenvalue weighted by atomic mass is 9.85. The molecule has 0 radical (unpaired) electrons. The van der Waals surface area contributed by atoms with E-state index in [-0.39, 0.29) is 48.2 Å². The highest BCUT2D eigenvalue weighted by Crippen LogP contribution is 2.30. The van der Waals surface area contributed by atoms with Gasteiger partial charge in [0, 0.05) is 45.1 Å². The van der Waals surface area contributed by atoms with Crippen molar-refractivity contribution in [2.24, 2.45) is 17.0 Å². The molecule has 13 heteroatoms. The minimum atomic E-state index is -4.03. The molecule has 2 fully saturated rings. The maximum Gasteiger partial charge on any atom is 0.321 e. The van der Waals surface area contributed by atoms with Crippen molar-refractivity contribution in [2.75, 3.05) is 26.2 Å². The lowest BCUT2D eigenvalue weighted by molar-refractivity contribution is -0.128. The van der Waals surface area contributed by atoms with Crippen molar-refractivity contribution in [3.8, 4) is 0 Å². The van der Waals surface area contributed by atoms with E-state index in [1.165, 1.54) is 22.7 Å². The van der Waals surface area contributed by atoms with Crippen molar-refractivity contribution in [2.45, 2.75) is 75.6 Å². The topological polar surface area (TPSA) is 156 Å². The predicted molar refractivity (Wildman–Crippen MR) is 190 cm³/mol. The fraction of sp³-hybridized carbons (Fsp3) is 0.459. The smallest absolute Gasteiger partial charge is 0.321 e. The molecule has 4 atom stereocenters. The van der Waals surface area contributed by atoms with Crippen LogP contribution < -0.4 is 5.32 Å². The third-order valence-corrected chi connectivity index (χ3v) is 11.7. The van der Waals surface area contributed by atoms with Crippen LogP contribution in [0.2, 0.25) is 0 Å². The lowest BCUT2D eigenvalue weighted by Crippen LogP contribution is -2.57. The number of aliphatic hydroxyl groups excluding tert-OH is 1. The highest BCUT2D eigenvalue weighted by atomic mass is 32.2. The first kappa shape index (κ1) is 36.9. The van der Waals surface area contributed by atoms with Crippen LogP contribution in [-0.4, -0.2) is 100 Å². The molecule has 1 saturated heterocycles. The number of rotatable bonds is 17. The molecule has 12 nitrogen and oxygen atoms in total. The van der Waals surface area contributed by atoms with Gasteiger partial charge in [-0.3, -0.25) is 9.78 Å². The summed E-state index contributed by atoms with van der Waals surface area (Å²) < 4.78 is 29.4. The molecule has 5 rings (SSSR count). The summed E-state index contributed by atoms with van der Waals surface area (Å²) in [6.07, 6.45) is 7.08. The monoisotopic (exact) mass is 704 g/mol. The Hall–Kier alpha value is -4.33. The summed E-state index contributed by atoms with van der Waals surface area (Å²) in [7, 11) is -4.03. The molecule has 0 spiro atoms. The summed E-state index contributed by atoms with van der Waals surface area (Å²) in [6.45, 7) is 5.16. The summed E-state index contributed by atoms with van der Waals surface area (Å²) in [6, 6.07) is 17.3. The maximum absolute atomic E-state index is 14.3. The molecule has 1 aromatic heterocycles. The summed E-state index contributed by atoms with van der Waals surface area (Å²) in [5, 5.41) is 26.8. The fourth-order valence-electron chi connectivity index (χ4n) is 6.58. The number of benzene rings is 2. The molecule has 50 heavy (non-hydrogen) atoms. The van der Waals surface area contributed by atoms with Crippen LogP contribution in [0.1, 0.15) is 56.2 Å². The Bertz CT molecular complexity index is 1690. The molecule has 2 aromatic carbocycles. The van der Waals surface area contributed by atoms with Gasteiger partial charge < -0.3 is 25.4 Å². The fourth-order valence-corrected chi connectivity index (χ4v) is 8.11. The number of sulfonamides is 1. The van der Waals surface area contributed by atoms with Gasteiger partial charge in [0.2, 0.25) is 15.9 Å². The number of carbonyl (C=O) groups excluding carboxylic acids is 2. The van der Waals surface area contributed by atoms with Crippen molar-refractivity contribution in [3.05, 3.63) is 95.8 Å². The van der Waals surface area contributed by atoms with Crippen LogP contribution in [0, 0.1) is 11.8 Å². The summed E-state index contributed by atoms with van der Waals surface area (Å²) >= 11 is 0. The van der Waals surface area contributed by atoms with E-state index >= 15 is 0 Å². The number of nitrogens with zero attached hydrogens (tertiary/aromatic N) is 5. The van der Waals surface area contributed by atoms with Crippen molar-refractivity contribution in [1.82, 2.24) is 24.4 Å². The highest BCUT2D eigenvalue weighted by Gasteiger charge is 2.41. The van der Waals surface area contributed by atoms with Gasteiger partial charge in [0.15, 0.2) is 0 Å². The maximum atomic E-state index is 14.3. The summed E-state index contributed by atoms with van der Waals surface area (Å²) in [5.74, 6) is -0.392. The van der Waals surface area contributed by atoms with E-state index < -0.39 is 28.2 Å². The van der Waals surface area contributed by atoms with Crippen LogP contribution >= 0.6 is 0 Å². The molecule has 2 aliphatic rings. The van der Waals surface area contributed by atoms with Crippen LogP contribution in [0.25, 0.3) is 0 Å². The van der Waals surface area contributed by atoms with Gasteiger partial charge in [0.25, 0.3) is 0 Å². The van der Waals surface area contributed by atoms with Gasteiger partial charge in [-0.1, -0.05) is 80.4 Å². The highest BCUT2D eigenvalue weighted by molar-refractivity contribution is 7.89. The molecule has 0 unspecified atom stereocenters. The average Bonchev–Trinajstić information content (AvgIpc) is 3.45. The lowest BCUT2D eigenvalue weighted by Gasteiger charge is -2.36. The number of aliphatic hydroxyl groups is 1. The zero-order valence-electron chi connectivity index (χ0n) is 28.7. The molecule has 1 aliphatic carbocycles. The SMILES string of the molecule is CC[C@H](C)[C@@H](C(=O)N[C@@H](Cc1ccccc1)[C@H](O)CN(CC1CCC1)S(=O)(=O)c1ccc(/C=N/O)cc1)N1CCN(Cc2cccnc2)C1=O. The first-order chi connectivity index (χ1) is 24.1. The van der Waals surface area contributed by atoms with Gasteiger partial charge in [-0.2, -0.15) is 4.31 Å². The Morgan fingerprint density at radius 2 is 1.80 bits per heavy atom. The van der Waals surface area contributed by atoms with Crippen molar-refractivity contribution < 1.29 is 28.3 Å². The van der Waals surface area contributed by atoms with Gasteiger partial charge in [0.1, 0.15) is 6.04 Å². The number of hydrogen-bond donors (Lipinski definition) is 3. The number of aromatic nitrogens is 1. The molecule has 3 aromatic rings. The van der Waals surface area contributed by atoms with Crippen molar-refractivity contribution in [1.29, 1.82) is 0 Å².